The number of hydrogen-bond donors (Lipinski definition) is 1. The van der Waals surface area contributed by atoms with Crippen molar-refractivity contribution in [3.8, 4) is 5.69 Å². The van der Waals surface area contributed by atoms with Crippen molar-refractivity contribution in [2.45, 2.75) is 13.8 Å². The largest absolute Gasteiger partial charge is 0.318 e. The second-order valence-corrected chi connectivity index (χ2v) is 5.75. The Balaban J connectivity index is 2.04. The molecule has 1 heterocycles. The van der Waals surface area contributed by atoms with Gasteiger partial charge >= 0.3 is 0 Å². The van der Waals surface area contributed by atoms with E-state index in [2.05, 4.69) is 10.4 Å². The van der Waals surface area contributed by atoms with Crippen LogP contribution < -0.4 is 10.7 Å². The quantitative estimate of drug-likeness (QED) is 0.783. The number of amides is 1. The van der Waals surface area contributed by atoms with Crippen LogP contribution in [0.4, 0.5) is 14.5 Å². The molecule has 0 fully saturated rings. The van der Waals surface area contributed by atoms with Crippen LogP contribution in [0.15, 0.2) is 53.3 Å². The molecule has 0 aliphatic carbocycles. The van der Waals surface area contributed by atoms with Crippen molar-refractivity contribution in [3.05, 3.63) is 87.3 Å². The smallest absolute Gasteiger partial charge is 0.280 e. The molecule has 0 aliphatic heterocycles. The summed E-state index contributed by atoms with van der Waals surface area (Å²) >= 11 is 0. The Morgan fingerprint density at radius 3 is 2.54 bits per heavy atom. The average Bonchev–Trinajstić information content (AvgIpc) is 2.60. The van der Waals surface area contributed by atoms with Gasteiger partial charge in [-0.2, -0.15) is 5.10 Å². The summed E-state index contributed by atoms with van der Waals surface area (Å²) in [5.74, 6) is -2.02. The normalized spacial score (nSPS) is 10.6. The predicted molar refractivity (Wildman–Crippen MR) is 93.6 cm³/mol. The number of nitrogens with zero attached hydrogens (tertiary/aromatic N) is 2. The number of anilines is 1. The first kappa shape index (κ1) is 17.5. The van der Waals surface area contributed by atoms with Crippen LogP contribution in [0.5, 0.6) is 0 Å². The fourth-order valence-electron chi connectivity index (χ4n) is 2.50. The van der Waals surface area contributed by atoms with Crippen LogP contribution >= 0.6 is 0 Å². The van der Waals surface area contributed by atoms with Crippen LogP contribution in [0.3, 0.4) is 0 Å². The van der Waals surface area contributed by atoms with Crippen molar-refractivity contribution >= 4 is 11.6 Å². The topological polar surface area (TPSA) is 64.0 Å². The molecule has 3 aromatic rings. The van der Waals surface area contributed by atoms with Gasteiger partial charge in [-0.15, -0.1) is 0 Å². The molecule has 5 nitrogen and oxygen atoms in total. The first-order valence-corrected chi connectivity index (χ1v) is 7.81. The van der Waals surface area contributed by atoms with Gasteiger partial charge in [-0.1, -0.05) is 24.3 Å². The first-order valence-electron chi connectivity index (χ1n) is 7.81. The number of aromatic nitrogens is 2. The summed E-state index contributed by atoms with van der Waals surface area (Å²) in [7, 11) is 0. The van der Waals surface area contributed by atoms with Gasteiger partial charge < -0.3 is 5.32 Å². The zero-order valence-electron chi connectivity index (χ0n) is 14.1. The number of carbonyl (C=O) groups excluding carboxylic acids is 1. The third-order valence-corrected chi connectivity index (χ3v) is 3.84. The van der Waals surface area contributed by atoms with Gasteiger partial charge in [0.2, 0.25) is 5.43 Å². The molecular formula is C19H15F2N3O2. The Hall–Kier alpha value is -3.35. The monoisotopic (exact) mass is 355 g/mol. The van der Waals surface area contributed by atoms with E-state index in [1.807, 2.05) is 0 Å². The molecule has 0 radical (unpaired) electrons. The SMILES string of the molecule is Cc1cccc(NC(=O)c2nn(-c3ccccc3F)c(C)cc2=O)c1F. The molecular weight excluding hydrogens is 340 g/mol. The van der Waals surface area contributed by atoms with E-state index in [4.69, 9.17) is 0 Å². The van der Waals surface area contributed by atoms with Gasteiger partial charge in [0, 0.05) is 11.8 Å². The highest BCUT2D eigenvalue weighted by molar-refractivity contribution is 6.02. The Bertz CT molecular complexity index is 1060. The molecule has 0 saturated heterocycles. The van der Waals surface area contributed by atoms with Gasteiger partial charge in [0.1, 0.15) is 17.3 Å². The van der Waals surface area contributed by atoms with E-state index < -0.39 is 28.7 Å². The summed E-state index contributed by atoms with van der Waals surface area (Å²) in [6, 6.07) is 11.5. The second kappa shape index (κ2) is 6.87. The van der Waals surface area contributed by atoms with Crippen molar-refractivity contribution in [3.63, 3.8) is 0 Å². The van der Waals surface area contributed by atoms with Gasteiger partial charge in [0.05, 0.1) is 5.69 Å². The van der Waals surface area contributed by atoms with Crippen LogP contribution in [0.1, 0.15) is 21.7 Å². The van der Waals surface area contributed by atoms with E-state index in [9.17, 15) is 18.4 Å². The number of aryl methyl sites for hydroxylation is 2. The van der Waals surface area contributed by atoms with Crippen LogP contribution in [0, 0.1) is 25.5 Å². The molecule has 26 heavy (non-hydrogen) atoms. The minimum atomic E-state index is -0.871. The number of para-hydroxylation sites is 1. The fourth-order valence-corrected chi connectivity index (χ4v) is 2.50. The van der Waals surface area contributed by atoms with Gasteiger partial charge in [-0.25, -0.2) is 13.5 Å². The van der Waals surface area contributed by atoms with Crippen molar-refractivity contribution in [1.82, 2.24) is 9.78 Å². The zero-order chi connectivity index (χ0) is 18.8. The zero-order valence-corrected chi connectivity index (χ0v) is 14.1. The molecule has 1 aromatic heterocycles. The summed E-state index contributed by atoms with van der Waals surface area (Å²) in [6.07, 6.45) is 0. The number of carbonyl (C=O) groups is 1. The van der Waals surface area contributed by atoms with E-state index in [1.165, 1.54) is 30.3 Å². The molecule has 7 heteroatoms. The predicted octanol–water partition coefficient (Wildman–Crippen LogP) is 3.38. The highest BCUT2D eigenvalue weighted by atomic mass is 19.1. The first-order chi connectivity index (χ1) is 12.4. The molecule has 0 aliphatic rings. The minimum absolute atomic E-state index is 0.0609. The number of nitrogens with one attached hydrogen (secondary N) is 1. The highest BCUT2D eigenvalue weighted by Gasteiger charge is 2.18. The summed E-state index contributed by atoms with van der Waals surface area (Å²) in [6.45, 7) is 3.13. The van der Waals surface area contributed by atoms with Gasteiger partial charge in [0.15, 0.2) is 5.69 Å². The Labute approximate surface area is 147 Å². The Morgan fingerprint density at radius 1 is 1.08 bits per heavy atom. The molecule has 132 valence electrons. The Kier molecular flexibility index (Phi) is 4.62. The Morgan fingerprint density at radius 2 is 1.81 bits per heavy atom. The maximum Gasteiger partial charge on any atom is 0.280 e. The lowest BCUT2D eigenvalue weighted by Crippen LogP contribution is -2.27. The number of hydrogen-bond acceptors (Lipinski definition) is 3. The summed E-state index contributed by atoms with van der Waals surface area (Å²) < 4.78 is 29.3. The molecule has 3 rings (SSSR count). The molecule has 0 saturated carbocycles. The molecule has 1 N–H and O–H groups in total. The van der Waals surface area contributed by atoms with Crippen LogP contribution in [0.2, 0.25) is 0 Å². The molecule has 0 spiro atoms. The van der Waals surface area contributed by atoms with Crippen molar-refractivity contribution < 1.29 is 13.6 Å². The van der Waals surface area contributed by atoms with Crippen LogP contribution in [0.25, 0.3) is 5.69 Å². The number of halogens is 2. The van der Waals surface area contributed by atoms with E-state index >= 15 is 0 Å². The van der Waals surface area contributed by atoms with Crippen molar-refractivity contribution in [2.75, 3.05) is 5.32 Å². The lowest BCUT2D eigenvalue weighted by atomic mass is 10.2. The number of benzene rings is 2. The molecule has 0 unspecified atom stereocenters. The van der Waals surface area contributed by atoms with Gasteiger partial charge in [0.25, 0.3) is 5.91 Å². The second-order valence-electron chi connectivity index (χ2n) is 5.75. The fraction of sp³-hybridized carbons (Fsp3) is 0.105. The summed E-state index contributed by atoms with van der Waals surface area (Å²) in [5.41, 5.74) is -0.350. The summed E-state index contributed by atoms with van der Waals surface area (Å²) in [4.78, 5) is 24.6. The molecule has 2 aromatic carbocycles. The van der Waals surface area contributed by atoms with Crippen LogP contribution in [-0.4, -0.2) is 15.7 Å². The van der Waals surface area contributed by atoms with E-state index in [-0.39, 0.29) is 11.4 Å². The summed E-state index contributed by atoms with van der Waals surface area (Å²) in [5, 5.41) is 6.32. The van der Waals surface area contributed by atoms with Crippen molar-refractivity contribution in [1.29, 1.82) is 0 Å². The van der Waals surface area contributed by atoms with E-state index in [1.54, 1.807) is 32.0 Å². The minimum Gasteiger partial charge on any atom is -0.318 e. The molecule has 0 atom stereocenters. The lowest BCUT2D eigenvalue weighted by molar-refractivity contribution is 0.101. The van der Waals surface area contributed by atoms with Crippen molar-refractivity contribution in [2.24, 2.45) is 0 Å². The highest BCUT2D eigenvalue weighted by Crippen LogP contribution is 2.18. The third kappa shape index (κ3) is 3.23. The lowest BCUT2D eigenvalue weighted by Gasteiger charge is -2.12. The average molecular weight is 355 g/mol. The van der Waals surface area contributed by atoms with E-state index in [0.29, 0.717) is 11.3 Å². The number of rotatable bonds is 3. The third-order valence-electron chi connectivity index (χ3n) is 3.84. The van der Waals surface area contributed by atoms with Crippen LogP contribution in [-0.2, 0) is 0 Å². The molecule has 0 bridgehead atoms. The molecule has 1 amide bonds. The van der Waals surface area contributed by atoms with Gasteiger partial charge in [-0.05, 0) is 37.6 Å². The van der Waals surface area contributed by atoms with Gasteiger partial charge in [-0.3, -0.25) is 9.59 Å². The standard InChI is InChI=1S/C19H15F2N3O2/c1-11-6-5-8-14(17(11)21)22-19(26)18-16(25)10-12(2)24(23-18)15-9-4-3-7-13(15)20/h3-10H,1-2H3,(H,22,26). The maximum atomic E-state index is 14.1. The van der Waals surface area contributed by atoms with E-state index in [0.717, 1.165) is 4.68 Å². The maximum absolute atomic E-state index is 14.1.